The molecule has 2 aromatic carbocycles. The van der Waals surface area contributed by atoms with Crippen molar-refractivity contribution < 1.29 is 13.2 Å². The standard InChI is InChI=1S/C16H14F3N/c17-16(18,19)14-8-6-13(7-9-14)15-11-20(15)10-12-4-2-1-3-5-12/h1-9,15H,10-11H2. The molecule has 0 aliphatic carbocycles. The van der Waals surface area contributed by atoms with Crippen molar-refractivity contribution in [2.75, 3.05) is 6.54 Å². The molecule has 1 aliphatic rings. The van der Waals surface area contributed by atoms with Gasteiger partial charge < -0.3 is 0 Å². The number of hydrogen-bond acceptors (Lipinski definition) is 1. The fourth-order valence-corrected chi connectivity index (χ4v) is 2.38. The van der Waals surface area contributed by atoms with Gasteiger partial charge in [0.2, 0.25) is 0 Å². The normalized spacial score (nSPS) is 21.8. The Hall–Kier alpha value is -1.81. The van der Waals surface area contributed by atoms with Gasteiger partial charge in [-0.15, -0.1) is 0 Å². The molecule has 2 unspecified atom stereocenters. The number of halogens is 3. The summed E-state index contributed by atoms with van der Waals surface area (Å²) in [7, 11) is 0. The van der Waals surface area contributed by atoms with Crippen molar-refractivity contribution in [1.29, 1.82) is 0 Å². The molecule has 1 heterocycles. The lowest BCUT2D eigenvalue weighted by Gasteiger charge is -2.08. The van der Waals surface area contributed by atoms with E-state index in [0.717, 1.165) is 30.8 Å². The van der Waals surface area contributed by atoms with Crippen LogP contribution >= 0.6 is 0 Å². The predicted octanol–water partition coefficient (Wildman–Crippen LogP) is 4.26. The van der Waals surface area contributed by atoms with Crippen LogP contribution in [0.4, 0.5) is 13.2 Å². The summed E-state index contributed by atoms with van der Waals surface area (Å²) in [5.41, 5.74) is 1.59. The van der Waals surface area contributed by atoms with Gasteiger partial charge in [0.25, 0.3) is 0 Å². The summed E-state index contributed by atoms with van der Waals surface area (Å²) < 4.78 is 37.5. The quantitative estimate of drug-likeness (QED) is 0.757. The Bertz CT molecular complexity index is 575. The Morgan fingerprint density at radius 1 is 0.950 bits per heavy atom. The zero-order valence-electron chi connectivity index (χ0n) is 10.8. The molecule has 0 radical (unpaired) electrons. The van der Waals surface area contributed by atoms with Gasteiger partial charge in [0.15, 0.2) is 0 Å². The van der Waals surface area contributed by atoms with Crippen molar-refractivity contribution in [2.45, 2.75) is 18.8 Å². The fourth-order valence-electron chi connectivity index (χ4n) is 2.38. The SMILES string of the molecule is FC(F)(F)c1ccc(C2CN2Cc2ccccc2)cc1. The van der Waals surface area contributed by atoms with E-state index < -0.39 is 11.7 Å². The molecule has 0 bridgehead atoms. The van der Waals surface area contributed by atoms with E-state index in [-0.39, 0.29) is 6.04 Å². The Balaban J connectivity index is 1.65. The Morgan fingerprint density at radius 2 is 1.60 bits per heavy atom. The molecule has 0 aromatic heterocycles. The van der Waals surface area contributed by atoms with Crippen LogP contribution in [0, 0.1) is 0 Å². The third-order valence-corrected chi connectivity index (χ3v) is 3.57. The fraction of sp³-hybridized carbons (Fsp3) is 0.250. The van der Waals surface area contributed by atoms with Gasteiger partial charge in [-0.1, -0.05) is 42.5 Å². The van der Waals surface area contributed by atoms with Gasteiger partial charge in [0.1, 0.15) is 0 Å². The van der Waals surface area contributed by atoms with Crippen LogP contribution in [-0.4, -0.2) is 11.4 Å². The molecule has 2 aromatic rings. The molecular weight excluding hydrogens is 263 g/mol. The third-order valence-electron chi connectivity index (χ3n) is 3.57. The van der Waals surface area contributed by atoms with Crippen molar-refractivity contribution in [2.24, 2.45) is 0 Å². The minimum absolute atomic E-state index is 0.248. The summed E-state index contributed by atoms with van der Waals surface area (Å²) in [6.45, 7) is 1.74. The highest BCUT2D eigenvalue weighted by molar-refractivity contribution is 5.30. The van der Waals surface area contributed by atoms with Gasteiger partial charge in [0, 0.05) is 19.1 Å². The molecular formula is C16H14F3N. The predicted molar refractivity (Wildman–Crippen MR) is 71.0 cm³/mol. The number of nitrogens with zero attached hydrogens (tertiary/aromatic N) is 1. The average molecular weight is 277 g/mol. The van der Waals surface area contributed by atoms with Crippen molar-refractivity contribution in [1.82, 2.24) is 4.90 Å². The van der Waals surface area contributed by atoms with Crippen LogP contribution in [0.2, 0.25) is 0 Å². The summed E-state index contributed by atoms with van der Waals surface area (Å²) in [6, 6.07) is 15.8. The second-order valence-electron chi connectivity index (χ2n) is 5.05. The van der Waals surface area contributed by atoms with Crippen LogP contribution in [-0.2, 0) is 12.7 Å². The molecule has 1 nitrogen and oxygen atoms in total. The molecule has 0 spiro atoms. The maximum atomic E-state index is 12.5. The molecule has 0 saturated carbocycles. The lowest BCUT2D eigenvalue weighted by atomic mass is 10.1. The molecule has 3 rings (SSSR count). The van der Waals surface area contributed by atoms with E-state index in [9.17, 15) is 13.2 Å². The van der Waals surface area contributed by atoms with Gasteiger partial charge in [-0.05, 0) is 23.3 Å². The van der Waals surface area contributed by atoms with Crippen molar-refractivity contribution in [3.8, 4) is 0 Å². The number of hydrogen-bond donors (Lipinski definition) is 0. The van der Waals surface area contributed by atoms with Gasteiger partial charge in [-0.3, -0.25) is 4.90 Å². The first-order chi connectivity index (χ1) is 9.54. The monoisotopic (exact) mass is 277 g/mol. The molecule has 1 fully saturated rings. The third kappa shape index (κ3) is 2.85. The Labute approximate surface area is 115 Å². The van der Waals surface area contributed by atoms with Crippen LogP contribution in [0.1, 0.15) is 22.7 Å². The van der Waals surface area contributed by atoms with E-state index in [1.54, 1.807) is 12.1 Å². The molecule has 20 heavy (non-hydrogen) atoms. The first-order valence-electron chi connectivity index (χ1n) is 6.49. The zero-order chi connectivity index (χ0) is 14.2. The summed E-state index contributed by atoms with van der Waals surface area (Å²) in [6.07, 6.45) is -4.26. The van der Waals surface area contributed by atoms with E-state index in [1.807, 2.05) is 18.2 Å². The first kappa shape index (κ1) is 13.2. The number of benzene rings is 2. The summed E-state index contributed by atoms with van der Waals surface area (Å²) >= 11 is 0. The molecule has 104 valence electrons. The highest BCUT2D eigenvalue weighted by Gasteiger charge is 2.36. The molecule has 0 N–H and O–H groups in total. The smallest absolute Gasteiger partial charge is 0.289 e. The van der Waals surface area contributed by atoms with Crippen molar-refractivity contribution in [3.05, 3.63) is 71.3 Å². The first-order valence-corrected chi connectivity index (χ1v) is 6.49. The van der Waals surface area contributed by atoms with Crippen LogP contribution in [0.25, 0.3) is 0 Å². The van der Waals surface area contributed by atoms with Crippen LogP contribution in [0.3, 0.4) is 0 Å². The van der Waals surface area contributed by atoms with Crippen LogP contribution in [0.15, 0.2) is 54.6 Å². The van der Waals surface area contributed by atoms with E-state index in [2.05, 4.69) is 17.0 Å². The van der Waals surface area contributed by atoms with E-state index >= 15 is 0 Å². The lowest BCUT2D eigenvalue weighted by Crippen LogP contribution is -2.04. The average Bonchev–Trinajstić information content (AvgIpc) is 3.18. The maximum absolute atomic E-state index is 12.5. The summed E-state index contributed by atoms with van der Waals surface area (Å²) in [4.78, 5) is 2.23. The number of alkyl halides is 3. The molecule has 1 aliphatic heterocycles. The minimum atomic E-state index is -4.26. The van der Waals surface area contributed by atoms with Gasteiger partial charge in [0.05, 0.1) is 5.56 Å². The van der Waals surface area contributed by atoms with Gasteiger partial charge >= 0.3 is 6.18 Å². The highest BCUT2D eigenvalue weighted by Crippen LogP contribution is 2.37. The van der Waals surface area contributed by atoms with Crippen molar-refractivity contribution >= 4 is 0 Å². The maximum Gasteiger partial charge on any atom is 0.416 e. The van der Waals surface area contributed by atoms with E-state index in [1.165, 1.54) is 5.56 Å². The zero-order valence-corrected chi connectivity index (χ0v) is 10.8. The van der Waals surface area contributed by atoms with E-state index in [0.29, 0.717) is 0 Å². The second-order valence-corrected chi connectivity index (χ2v) is 5.05. The molecule has 4 heteroatoms. The lowest BCUT2D eigenvalue weighted by molar-refractivity contribution is -0.137. The number of rotatable bonds is 3. The van der Waals surface area contributed by atoms with Crippen LogP contribution < -0.4 is 0 Å². The second kappa shape index (κ2) is 4.94. The molecule has 1 saturated heterocycles. The summed E-state index contributed by atoms with van der Waals surface area (Å²) in [5.74, 6) is 0. The highest BCUT2D eigenvalue weighted by atomic mass is 19.4. The van der Waals surface area contributed by atoms with Crippen LogP contribution in [0.5, 0.6) is 0 Å². The minimum Gasteiger partial charge on any atom is -0.289 e. The van der Waals surface area contributed by atoms with E-state index in [4.69, 9.17) is 0 Å². The largest absolute Gasteiger partial charge is 0.416 e. The molecule has 2 atom stereocenters. The van der Waals surface area contributed by atoms with Gasteiger partial charge in [-0.2, -0.15) is 13.2 Å². The molecule has 0 amide bonds. The van der Waals surface area contributed by atoms with Crippen molar-refractivity contribution in [3.63, 3.8) is 0 Å². The Morgan fingerprint density at radius 3 is 2.20 bits per heavy atom. The Kier molecular flexibility index (Phi) is 3.26. The summed E-state index contributed by atoms with van der Waals surface area (Å²) in [5, 5.41) is 0. The van der Waals surface area contributed by atoms with Gasteiger partial charge in [-0.25, -0.2) is 0 Å². The topological polar surface area (TPSA) is 3.01 Å².